The van der Waals surface area contributed by atoms with Crippen LogP contribution >= 0.6 is 0 Å². The first-order valence-corrected chi connectivity index (χ1v) is 9.49. The molecule has 1 saturated heterocycles. The molecule has 0 unspecified atom stereocenters. The summed E-state index contributed by atoms with van der Waals surface area (Å²) in [6.07, 6.45) is 7.19. The van der Waals surface area contributed by atoms with E-state index in [1.165, 1.54) is 12.1 Å². The fourth-order valence-electron chi connectivity index (χ4n) is 3.85. The molecule has 0 radical (unpaired) electrons. The maximum absolute atomic E-state index is 13.3. The molecule has 1 fully saturated rings. The Kier molecular flexibility index (Phi) is 5.02. The molecule has 1 aliphatic carbocycles. The fourth-order valence-corrected chi connectivity index (χ4v) is 3.85. The highest BCUT2D eigenvalue weighted by atomic mass is 19.1. The number of nitrogens with one attached hydrogen (secondary N) is 1. The Hall–Kier alpha value is -2.21. The van der Waals surface area contributed by atoms with Gasteiger partial charge in [0.2, 0.25) is 0 Å². The summed E-state index contributed by atoms with van der Waals surface area (Å²) in [5.41, 5.74) is 3.42. The lowest BCUT2D eigenvalue weighted by Crippen LogP contribution is -2.32. The number of carbonyl (C=O) groups is 1. The third kappa shape index (κ3) is 3.51. The molecule has 1 aromatic heterocycles. The van der Waals surface area contributed by atoms with Gasteiger partial charge in [-0.15, -0.1) is 0 Å². The lowest BCUT2D eigenvalue weighted by molar-refractivity contribution is 0.0852. The van der Waals surface area contributed by atoms with Crippen LogP contribution in [0.3, 0.4) is 0 Å². The van der Waals surface area contributed by atoms with Gasteiger partial charge in [0.1, 0.15) is 5.82 Å². The summed E-state index contributed by atoms with van der Waals surface area (Å²) in [7, 11) is 0. The van der Waals surface area contributed by atoms with Crippen molar-refractivity contribution in [3.63, 3.8) is 0 Å². The second-order valence-corrected chi connectivity index (χ2v) is 7.07. The normalized spacial score (nSPS) is 19.8. The van der Waals surface area contributed by atoms with Crippen LogP contribution in [0.25, 0.3) is 5.69 Å². The highest BCUT2D eigenvalue weighted by molar-refractivity contribution is 5.94. The molecule has 6 heteroatoms. The monoisotopic (exact) mass is 357 g/mol. The van der Waals surface area contributed by atoms with E-state index in [1.54, 1.807) is 12.1 Å². The minimum absolute atomic E-state index is 0.108. The number of halogens is 1. The molecule has 26 heavy (non-hydrogen) atoms. The second kappa shape index (κ2) is 7.58. The van der Waals surface area contributed by atoms with Crippen molar-refractivity contribution in [2.75, 3.05) is 13.2 Å². The molecule has 5 nitrogen and oxygen atoms in total. The van der Waals surface area contributed by atoms with E-state index < -0.39 is 0 Å². The van der Waals surface area contributed by atoms with Gasteiger partial charge < -0.3 is 10.1 Å². The van der Waals surface area contributed by atoms with Crippen molar-refractivity contribution in [2.24, 2.45) is 0 Å². The van der Waals surface area contributed by atoms with Crippen molar-refractivity contribution in [3.8, 4) is 5.69 Å². The Morgan fingerprint density at radius 1 is 1.19 bits per heavy atom. The first-order chi connectivity index (χ1) is 12.7. The molecule has 1 amide bonds. The summed E-state index contributed by atoms with van der Waals surface area (Å²) >= 11 is 0. The molecular weight excluding hydrogens is 333 g/mol. The van der Waals surface area contributed by atoms with E-state index in [1.807, 2.05) is 4.68 Å². The first kappa shape index (κ1) is 17.2. The lowest BCUT2D eigenvalue weighted by Gasteiger charge is -2.10. The van der Waals surface area contributed by atoms with Crippen LogP contribution in [0.2, 0.25) is 0 Å². The third-order valence-electron chi connectivity index (χ3n) is 5.23. The second-order valence-electron chi connectivity index (χ2n) is 7.07. The maximum Gasteiger partial charge on any atom is 0.272 e. The molecule has 4 rings (SSSR count). The van der Waals surface area contributed by atoms with Crippen LogP contribution in [0.1, 0.15) is 53.8 Å². The zero-order valence-corrected chi connectivity index (χ0v) is 14.8. The minimum atomic E-state index is -0.276. The quantitative estimate of drug-likeness (QED) is 0.855. The van der Waals surface area contributed by atoms with Crippen molar-refractivity contribution in [3.05, 3.63) is 47.0 Å². The Balaban J connectivity index is 1.63. The van der Waals surface area contributed by atoms with Crippen LogP contribution in [-0.2, 0) is 17.6 Å². The van der Waals surface area contributed by atoms with Gasteiger partial charge >= 0.3 is 0 Å². The van der Waals surface area contributed by atoms with Crippen LogP contribution in [0, 0.1) is 5.82 Å². The zero-order chi connectivity index (χ0) is 17.9. The van der Waals surface area contributed by atoms with E-state index in [2.05, 4.69) is 10.4 Å². The van der Waals surface area contributed by atoms with E-state index in [-0.39, 0.29) is 17.8 Å². The summed E-state index contributed by atoms with van der Waals surface area (Å²) < 4.78 is 20.7. The predicted octanol–water partition coefficient (Wildman–Crippen LogP) is 3.19. The molecule has 1 N–H and O–H groups in total. The SMILES string of the molecule is O=C(NC[C@H]1CCCO1)c1nn(-c2ccc(F)cc2)c2c1CCCCC2. The van der Waals surface area contributed by atoms with E-state index in [9.17, 15) is 9.18 Å². The number of carbonyl (C=O) groups excluding carboxylic acids is 1. The lowest BCUT2D eigenvalue weighted by atomic mass is 10.1. The topological polar surface area (TPSA) is 56.1 Å². The Labute approximate surface area is 152 Å². The van der Waals surface area contributed by atoms with E-state index in [4.69, 9.17) is 4.74 Å². The van der Waals surface area contributed by atoms with Gasteiger partial charge in [0.05, 0.1) is 11.8 Å². The molecule has 1 aliphatic heterocycles. The first-order valence-electron chi connectivity index (χ1n) is 9.49. The number of fused-ring (bicyclic) bond motifs is 1. The zero-order valence-electron chi connectivity index (χ0n) is 14.8. The molecule has 1 aromatic carbocycles. The number of hydrogen-bond donors (Lipinski definition) is 1. The number of ether oxygens (including phenoxy) is 1. The van der Waals surface area contributed by atoms with Gasteiger partial charge in [-0.05, 0) is 62.8 Å². The number of nitrogens with zero attached hydrogens (tertiary/aromatic N) is 2. The molecule has 138 valence electrons. The van der Waals surface area contributed by atoms with Gasteiger partial charge in [-0.1, -0.05) is 6.42 Å². The van der Waals surface area contributed by atoms with Crippen LogP contribution in [0.15, 0.2) is 24.3 Å². The predicted molar refractivity (Wildman–Crippen MR) is 96.1 cm³/mol. The number of amides is 1. The van der Waals surface area contributed by atoms with Crippen LogP contribution in [-0.4, -0.2) is 34.9 Å². The summed E-state index contributed by atoms with van der Waals surface area (Å²) in [4.78, 5) is 12.8. The van der Waals surface area contributed by atoms with Crippen LogP contribution < -0.4 is 5.32 Å². The maximum atomic E-state index is 13.3. The largest absolute Gasteiger partial charge is 0.376 e. The van der Waals surface area contributed by atoms with Gasteiger partial charge in [0, 0.05) is 24.4 Å². The molecule has 2 aromatic rings. The van der Waals surface area contributed by atoms with Gasteiger partial charge in [0.15, 0.2) is 5.69 Å². The summed E-state index contributed by atoms with van der Waals surface area (Å²) in [5.74, 6) is -0.416. The Bertz CT molecular complexity index is 779. The van der Waals surface area contributed by atoms with Gasteiger partial charge in [0.25, 0.3) is 5.91 Å². The number of benzene rings is 1. The van der Waals surface area contributed by atoms with Crippen molar-refractivity contribution in [2.45, 2.75) is 51.0 Å². The number of rotatable bonds is 4. The average Bonchev–Trinajstić information content (AvgIpc) is 3.23. The van der Waals surface area contributed by atoms with Gasteiger partial charge in [-0.3, -0.25) is 4.79 Å². The molecule has 0 saturated carbocycles. The third-order valence-corrected chi connectivity index (χ3v) is 5.23. The van der Waals surface area contributed by atoms with Crippen molar-refractivity contribution >= 4 is 5.91 Å². The van der Waals surface area contributed by atoms with Gasteiger partial charge in [-0.25, -0.2) is 9.07 Å². The molecule has 0 bridgehead atoms. The standard InChI is InChI=1S/C20H24FN3O2/c21-14-8-10-15(11-9-14)24-18-7-3-1-2-6-17(18)19(23-24)20(25)22-13-16-5-4-12-26-16/h8-11,16H,1-7,12-13H2,(H,22,25)/t16-/m1/s1. The molecule has 0 spiro atoms. The summed E-state index contributed by atoms with van der Waals surface area (Å²) in [6.45, 7) is 1.30. The highest BCUT2D eigenvalue weighted by Crippen LogP contribution is 2.26. The fraction of sp³-hybridized carbons (Fsp3) is 0.500. The van der Waals surface area contributed by atoms with E-state index in [0.717, 1.165) is 68.5 Å². The number of hydrogen-bond acceptors (Lipinski definition) is 3. The van der Waals surface area contributed by atoms with Crippen molar-refractivity contribution < 1.29 is 13.9 Å². The van der Waals surface area contributed by atoms with Crippen LogP contribution in [0.5, 0.6) is 0 Å². The van der Waals surface area contributed by atoms with E-state index >= 15 is 0 Å². The molecule has 1 atom stereocenters. The molecule has 2 aliphatic rings. The van der Waals surface area contributed by atoms with E-state index in [0.29, 0.717) is 12.2 Å². The van der Waals surface area contributed by atoms with Crippen molar-refractivity contribution in [1.29, 1.82) is 0 Å². The smallest absolute Gasteiger partial charge is 0.272 e. The van der Waals surface area contributed by atoms with Crippen LogP contribution in [0.4, 0.5) is 4.39 Å². The molecular formula is C20H24FN3O2. The average molecular weight is 357 g/mol. The minimum Gasteiger partial charge on any atom is -0.376 e. The Morgan fingerprint density at radius 2 is 2.00 bits per heavy atom. The highest BCUT2D eigenvalue weighted by Gasteiger charge is 2.25. The van der Waals surface area contributed by atoms with Crippen molar-refractivity contribution in [1.82, 2.24) is 15.1 Å². The van der Waals surface area contributed by atoms with Gasteiger partial charge in [-0.2, -0.15) is 5.10 Å². The molecule has 2 heterocycles. The number of aromatic nitrogens is 2. The summed E-state index contributed by atoms with van der Waals surface area (Å²) in [5, 5.41) is 7.61. The Morgan fingerprint density at radius 3 is 2.77 bits per heavy atom. The summed E-state index contributed by atoms with van der Waals surface area (Å²) in [6, 6.07) is 6.28.